The first-order valence-electron chi connectivity index (χ1n) is 8.11. The highest BCUT2D eigenvalue weighted by molar-refractivity contribution is 5.67. The summed E-state index contributed by atoms with van der Waals surface area (Å²) in [6, 6.07) is 1.95. The average molecular weight is 308 g/mol. The number of nitrogen functional groups attached to an aromatic ring is 1. The molecule has 0 unspecified atom stereocenters. The Morgan fingerprint density at radius 2 is 2.23 bits per heavy atom. The molecule has 1 aromatic heterocycles. The van der Waals surface area contributed by atoms with Crippen LogP contribution in [0.5, 0.6) is 0 Å². The molecule has 2 rings (SSSR count). The van der Waals surface area contributed by atoms with Gasteiger partial charge in [-0.25, -0.2) is 9.48 Å². The predicted molar refractivity (Wildman–Crippen MR) is 86.8 cm³/mol. The monoisotopic (exact) mass is 308 g/mol. The van der Waals surface area contributed by atoms with E-state index < -0.39 is 0 Å². The summed E-state index contributed by atoms with van der Waals surface area (Å²) in [7, 11) is 0. The van der Waals surface area contributed by atoms with Crippen molar-refractivity contribution in [2.75, 3.05) is 12.3 Å². The van der Waals surface area contributed by atoms with Crippen LogP contribution in [-0.4, -0.2) is 28.5 Å². The van der Waals surface area contributed by atoms with Gasteiger partial charge in [-0.3, -0.25) is 0 Å². The lowest BCUT2D eigenvalue weighted by Gasteiger charge is -2.20. The summed E-state index contributed by atoms with van der Waals surface area (Å²) in [5.74, 6) is 1.00. The van der Waals surface area contributed by atoms with Gasteiger partial charge in [-0.15, -0.1) is 0 Å². The van der Waals surface area contributed by atoms with E-state index in [-0.39, 0.29) is 17.7 Å². The van der Waals surface area contributed by atoms with E-state index in [0.29, 0.717) is 18.3 Å². The van der Waals surface area contributed by atoms with Crippen molar-refractivity contribution in [1.82, 2.24) is 15.1 Å². The van der Waals surface area contributed by atoms with E-state index in [1.54, 1.807) is 0 Å². The first kappa shape index (κ1) is 16.6. The molecule has 1 aliphatic carbocycles. The number of carbonyl (C=O) groups is 1. The van der Waals surface area contributed by atoms with E-state index in [9.17, 15) is 4.79 Å². The maximum Gasteiger partial charge on any atom is 0.407 e. The number of nitrogens with one attached hydrogen (secondary N) is 1. The molecule has 1 aromatic rings. The van der Waals surface area contributed by atoms with Crippen LogP contribution < -0.4 is 11.1 Å². The number of alkyl carbamates (subject to hydrolysis) is 1. The third-order valence-electron chi connectivity index (χ3n) is 3.99. The zero-order valence-electron chi connectivity index (χ0n) is 14.1. The molecule has 1 amide bonds. The molecule has 2 atom stereocenters. The summed E-state index contributed by atoms with van der Waals surface area (Å²) in [5, 5.41) is 7.41. The van der Waals surface area contributed by atoms with Gasteiger partial charge < -0.3 is 15.8 Å². The normalized spacial score (nSPS) is 21.8. The number of amides is 1. The Kier molecular flexibility index (Phi) is 4.98. The summed E-state index contributed by atoms with van der Waals surface area (Å²) >= 11 is 0. The minimum absolute atomic E-state index is 0.0251. The van der Waals surface area contributed by atoms with Crippen molar-refractivity contribution in [2.45, 2.75) is 70.9 Å². The largest absolute Gasteiger partial charge is 0.446 e. The summed E-state index contributed by atoms with van der Waals surface area (Å²) in [6.45, 7) is 8.92. The molecule has 0 spiro atoms. The molecule has 0 aliphatic heterocycles. The van der Waals surface area contributed by atoms with E-state index in [1.807, 2.05) is 17.7 Å². The molecule has 3 N–H and O–H groups in total. The van der Waals surface area contributed by atoms with Gasteiger partial charge in [0.15, 0.2) is 0 Å². The molecule has 0 saturated heterocycles. The average Bonchev–Trinajstić information content (AvgIpc) is 3.02. The van der Waals surface area contributed by atoms with E-state index in [1.165, 1.54) is 0 Å². The minimum atomic E-state index is -0.313. The summed E-state index contributed by atoms with van der Waals surface area (Å²) < 4.78 is 7.32. The zero-order valence-corrected chi connectivity index (χ0v) is 14.1. The van der Waals surface area contributed by atoms with E-state index in [2.05, 4.69) is 31.2 Å². The van der Waals surface area contributed by atoms with Crippen molar-refractivity contribution in [3.63, 3.8) is 0 Å². The van der Waals surface area contributed by atoms with Gasteiger partial charge in [0, 0.05) is 18.5 Å². The Labute approximate surface area is 132 Å². The fourth-order valence-electron chi connectivity index (χ4n) is 2.89. The number of hydrogen-bond donors (Lipinski definition) is 2. The van der Waals surface area contributed by atoms with E-state index >= 15 is 0 Å². The fraction of sp³-hybridized carbons (Fsp3) is 0.750. The van der Waals surface area contributed by atoms with Crippen LogP contribution in [0.3, 0.4) is 0 Å². The maximum absolute atomic E-state index is 11.6. The number of anilines is 1. The third-order valence-corrected chi connectivity index (χ3v) is 3.99. The number of hydrogen-bond acceptors (Lipinski definition) is 4. The quantitative estimate of drug-likeness (QED) is 0.896. The Bertz CT molecular complexity index is 519. The van der Waals surface area contributed by atoms with E-state index in [0.717, 1.165) is 31.4 Å². The maximum atomic E-state index is 11.6. The Balaban J connectivity index is 1.95. The molecule has 1 aliphatic rings. The second kappa shape index (κ2) is 6.58. The molecule has 0 radical (unpaired) electrons. The van der Waals surface area contributed by atoms with E-state index in [4.69, 9.17) is 10.5 Å². The van der Waals surface area contributed by atoms with Crippen molar-refractivity contribution in [2.24, 2.45) is 0 Å². The summed E-state index contributed by atoms with van der Waals surface area (Å²) in [6.07, 6.45) is 3.25. The van der Waals surface area contributed by atoms with Gasteiger partial charge >= 0.3 is 6.09 Å². The van der Waals surface area contributed by atoms with Crippen LogP contribution in [0.1, 0.15) is 65.0 Å². The smallest absolute Gasteiger partial charge is 0.407 e. The van der Waals surface area contributed by atoms with Gasteiger partial charge in [-0.05, 0) is 46.5 Å². The number of nitrogens with two attached hydrogens (primary N) is 1. The second-order valence-electron chi connectivity index (χ2n) is 7.04. The zero-order chi connectivity index (χ0) is 16.3. The molecule has 6 nitrogen and oxygen atoms in total. The summed E-state index contributed by atoms with van der Waals surface area (Å²) in [4.78, 5) is 11.6. The summed E-state index contributed by atoms with van der Waals surface area (Å²) in [5.41, 5.74) is 6.95. The fourth-order valence-corrected chi connectivity index (χ4v) is 2.89. The van der Waals surface area contributed by atoms with Gasteiger partial charge in [0.25, 0.3) is 0 Å². The van der Waals surface area contributed by atoms with Crippen LogP contribution in [0.15, 0.2) is 6.07 Å². The van der Waals surface area contributed by atoms with Crippen LogP contribution in [0, 0.1) is 0 Å². The van der Waals surface area contributed by atoms with Crippen LogP contribution >= 0.6 is 0 Å². The molecule has 22 heavy (non-hydrogen) atoms. The Morgan fingerprint density at radius 1 is 1.50 bits per heavy atom. The third kappa shape index (κ3) is 3.93. The van der Waals surface area contributed by atoms with Crippen molar-refractivity contribution in [3.8, 4) is 0 Å². The molecular weight excluding hydrogens is 280 g/mol. The van der Waals surface area contributed by atoms with Gasteiger partial charge in [-0.1, -0.05) is 6.92 Å². The number of rotatable bonds is 4. The molecule has 1 fully saturated rings. The second-order valence-corrected chi connectivity index (χ2v) is 7.04. The standard InChI is InChI=1S/C16H28N4O2/c1-5-8-18-15(21)22-12-7-6-11(9-12)13-10-14(17)20(19-13)16(2,3)4/h10-12H,5-9,17H2,1-4H3,(H,18,21)/t11-,12+/m0/s1. The lowest BCUT2D eigenvalue weighted by molar-refractivity contribution is 0.100. The van der Waals surface area contributed by atoms with Crippen molar-refractivity contribution < 1.29 is 9.53 Å². The molecule has 124 valence electrons. The number of carbonyl (C=O) groups excluding carboxylic acids is 1. The minimum Gasteiger partial charge on any atom is -0.446 e. The topological polar surface area (TPSA) is 82.2 Å². The molecule has 0 bridgehead atoms. The van der Waals surface area contributed by atoms with Crippen molar-refractivity contribution in [1.29, 1.82) is 0 Å². The highest BCUT2D eigenvalue weighted by Crippen LogP contribution is 2.36. The van der Waals surface area contributed by atoms with Gasteiger partial charge in [0.1, 0.15) is 11.9 Å². The number of ether oxygens (including phenoxy) is 1. The van der Waals surface area contributed by atoms with Crippen LogP contribution in [0.4, 0.5) is 10.6 Å². The highest BCUT2D eigenvalue weighted by Gasteiger charge is 2.31. The molecule has 1 heterocycles. The van der Waals surface area contributed by atoms with Gasteiger partial charge in [0.2, 0.25) is 0 Å². The Morgan fingerprint density at radius 3 is 2.82 bits per heavy atom. The highest BCUT2D eigenvalue weighted by atomic mass is 16.6. The molecule has 1 saturated carbocycles. The molecule has 6 heteroatoms. The van der Waals surface area contributed by atoms with Gasteiger partial charge in [0.05, 0.1) is 11.2 Å². The first-order valence-corrected chi connectivity index (χ1v) is 8.11. The van der Waals surface area contributed by atoms with Crippen LogP contribution in [0.25, 0.3) is 0 Å². The predicted octanol–water partition coefficient (Wildman–Crippen LogP) is 2.99. The number of aromatic nitrogens is 2. The lowest BCUT2D eigenvalue weighted by Crippen LogP contribution is -2.28. The SMILES string of the molecule is CCCNC(=O)O[C@@H]1CC[C@H](c2cc(N)n(C(C)(C)C)n2)C1. The van der Waals surface area contributed by atoms with Crippen molar-refractivity contribution >= 4 is 11.9 Å². The molecular formula is C16H28N4O2. The van der Waals surface area contributed by atoms with Crippen LogP contribution in [-0.2, 0) is 10.3 Å². The van der Waals surface area contributed by atoms with Crippen LogP contribution in [0.2, 0.25) is 0 Å². The first-order chi connectivity index (χ1) is 10.3. The number of nitrogens with zero attached hydrogens (tertiary/aromatic N) is 2. The van der Waals surface area contributed by atoms with Crippen molar-refractivity contribution in [3.05, 3.63) is 11.8 Å². The van der Waals surface area contributed by atoms with Gasteiger partial charge in [-0.2, -0.15) is 5.10 Å². The lowest BCUT2D eigenvalue weighted by atomic mass is 10.0. The Hall–Kier alpha value is -1.72. The molecule has 0 aromatic carbocycles.